The molecule has 0 bridgehead atoms. The molecule has 1 heterocycles. The van der Waals surface area contributed by atoms with Crippen LogP contribution in [0, 0.1) is 0 Å². The first-order chi connectivity index (χ1) is 24.7. The molecule has 1 aliphatic heterocycles. The van der Waals surface area contributed by atoms with Crippen molar-refractivity contribution in [1.29, 1.82) is 0 Å². The van der Waals surface area contributed by atoms with Gasteiger partial charge in [0.05, 0.1) is 24.0 Å². The number of morpholine rings is 1. The van der Waals surface area contributed by atoms with Crippen molar-refractivity contribution in [2.75, 3.05) is 18.1 Å². The van der Waals surface area contributed by atoms with Crippen LogP contribution in [-0.4, -0.2) is 68.9 Å². The standard InChI is InChI=1S/C40H45Cl2NO7SSi/c1-5-32(27-51(47,48)24-23-49-52(40(2,3)4,33-15-8-6-9-16-33)34-17-10-7-11-18-34)43-37(28-19-21-30(41)22-20-28)38(29-13-12-14-31(42)25-29)50-35(39(43)46)26-36(44)45/h6-22,25,32,35,37-38H,5,23-24,26-27H2,1-4H3,(H,44,45)/t32-,35-,37+,38+/m0/s1. The minimum absolute atomic E-state index is 0.0451. The van der Waals surface area contributed by atoms with Crippen LogP contribution in [0.3, 0.4) is 0 Å². The van der Waals surface area contributed by atoms with E-state index in [-0.39, 0.29) is 29.6 Å². The SMILES string of the molecule is CC[C@@H](CS(=O)(=O)CCO[Si](c1ccccc1)(c1ccccc1)C(C)(C)C)N1C(=O)[C@H](CC(=O)O)O[C@H](c2cccc(Cl)c2)[C@H]1c1ccc(Cl)cc1. The number of hydrogen-bond acceptors (Lipinski definition) is 6. The largest absolute Gasteiger partial charge is 0.481 e. The second-order valence-electron chi connectivity index (χ2n) is 14.1. The Kier molecular flexibility index (Phi) is 12.7. The molecular formula is C40H45Cl2NO7SSi. The second-order valence-corrected chi connectivity index (χ2v) is 21.5. The number of rotatable bonds is 14. The number of nitrogens with zero attached hydrogens (tertiary/aromatic N) is 1. The normalized spacial score (nSPS) is 19.0. The summed E-state index contributed by atoms with van der Waals surface area (Å²) in [7, 11) is -6.83. The van der Waals surface area contributed by atoms with Crippen molar-refractivity contribution in [2.45, 2.75) is 69.9 Å². The zero-order valence-electron chi connectivity index (χ0n) is 29.7. The molecule has 0 aliphatic carbocycles. The molecule has 276 valence electrons. The lowest BCUT2D eigenvalue weighted by atomic mass is 9.89. The Hall–Kier alpha value is -3.51. The Morgan fingerprint density at radius 3 is 2.00 bits per heavy atom. The maximum atomic E-state index is 14.3. The number of benzene rings is 4. The van der Waals surface area contributed by atoms with Gasteiger partial charge in [0.2, 0.25) is 0 Å². The summed E-state index contributed by atoms with van der Waals surface area (Å²) in [5.41, 5.74) is 1.28. The molecule has 4 atom stereocenters. The number of aliphatic carboxylic acids is 1. The monoisotopic (exact) mass is 781 g/mol. The van der Waals surface area contributed by atoms with Crippen LogP contribution in [0.15, 0.2) is 109 Å². The van der Waals surface area contributed by atoms with Gasteiger partial charge in [-0.05, 0) is 57.2 Å². The molecule has 1 fully saturated rings. The number of sulfone groups is 1. The molecule has 5 rings (SSSR count). The molecule has 1 N–H and O–H groups in total. The molecular weight excluding hydrogens is 737 g/mol. The minimum atomic E-state index is -3.84. The van der Waals surface area contributed by atoms with Gasteiger partial charge in [0.1, 0.15) is 12.2 Å². The lowest BCUT2D eigenvalue weighted by Gasteiger charge is -2.48. The van der Waals surface area contributed by atoms with Crippen LogP contribution in [0.4, 0.5) is 0 Å². The Morgan fingerprint density at radius 1 is 0.885 bits per heavy atom. The number of halogens is 2. The molecule has 0 radical (unpaired) electrons. The average molecular weight is 783 g/mol. The smallest absolute Gasteiger partial charge is 0.306 e. The summed E-state index contributed by atoms with van der Waals surface area (Å²) in [5.74, 6) is -2.43. The van der Waals surface area contributed by atoms with E-state index in [1.165, 1.54) is 4.90 Å². The van der Waals surface area contributed by atoms with Crippen molar-refractivity contribution in [3.63, 3.8) is 0 Å². The van der Waals surface area contributed by atoms with E-state index in [0.29, 0.717) is 21.2 Å². The summed E-state index contributed by atoms with van der Waals surface area (Å²) in [6.07, 6.45) is -2.50. The maximum Gasteiger partial charge on any atom is 0.306 e. The summed E-state index contributed by atoms with van der Waals surface area (Å²) >= 11 is 12.6. The fraction of sp³-hybridized carbons (Fsp3) is 0.350. The van der Waals surface area contributed by atoms with Crippen molar-refractivity contribution >= 4 is 63.6 Å². The van der Waals surface area contributed by atoms with Gasteiger partial charge in [0, 0.05) is 22.7 Å². The maximum absolute atomic E-state index is 14.3. The fourth-order valence-electron chi connectivity index (χ4n) is 7.25. The highest BCUT2D eigenvalue weighted by molar-refractivity contribution is 7.91. The van der Waals surface area contributed by atoms with Crippen LogP contribution in [0.1, 0.15) is 63.8 Å². The molecule has 0 saturated carbocycles. The van der Waals surface area contributed by atoms with Gasteiger partial charge >= 0.3 is 5.97 Å². The lowest BCUT2D eigenvalue weighted by molar-refractivity contribution is -0.182. The Balaban J connectivity index is 1.50. The third-order valence-electron chi connectivity index (χ3n) is 9.62. The zero-order chi connectivity index (χ0) is 37.7. The van der Waals surface area contributed by atoms with E-state index in [2.05, 4.69) is 45.0 Å². The van der Waals surface area contributed by atoms with Gasteiger partial charge < -0.3 is 19.2 Å². The first kappa shape index (κ1) is 39.7. The Bertz CT molecular complexity index is 1900. The Morgan fingerprint density at radius 2 is 1.48 bits per heavy atom. The molecule has 0 aromatic heterocycles. The van der Waals surface area contributed by atoms with Gasteiger partial charge in [0.15, 0.2) is 9.84 Å². The van der Waals surface area contributed by atoms with Crippen molar-refractivity contribution in [3.05, 3.63) is 130 Å². The van der Waals surface area contributed by atoms with Gasteiger partial charge in [-0.1, -0.05) is 136 Å². The summed E-state index contributed by atoms with van der Waals surface area (Å²) in [5, 5.41) is 12.4. The van der Waals surface area contributed by atoms with Crippen LogP contribution in [-0.2, 0) is 28.6 Å². The molecule has 0 unspecified atom stereocenters. The third-order valence-corrected chi connectivity index (χ3v) is 16.8. The topological polar surface area (TPSA) is 110 Å². The van der Waals surface area contributed by atoms with E-state index in [1.54, 1.807) is 48.5 Å². The zero-order valence-corrected chi connectivity index (χ0v) is 33.1. The van der Waals surface area contributed by atoms with E-state index < -0.39 is 60.7 Å². The molecule has 8 nitrogen and oxygen atoms in total. The summed E-state index contributed by atoms with van der Waals surface area (Å²) in [4.78, 5) is 27.8. The number of carbonyl (C=O) groups is 2. The third kappa shape index (κ3) is 8.81. The van der Waals surface area contributed by atoms with Gasteiger partial charge in [-0.2, -0.15) is 0 Å². The molecule has 1 saturated heterocycles. The highest BCUT2D eigenvalue weighted by Gasteiger charge is 2.51. The van der Waals surface area contributed by atoms with E-state index in [4.69, 9.17) is 32.4 Å². The highest BCUT2D eigenvalue weighted by atomic mass is 35.5. The predicted molar refractivity (Wildman–Crippen MR) is 209 cm³/mol. The minimum Gasteiger partial charge on any atom is -0.481 e. The van der Waals surface area contributed by atoms with Crippen LogP contribution < -0.4 is 10.4 Å². The molecule has 12 heteroatoms. The number of carboxylic acid groups (broad SMARTS) is 1. The number of amides is 1. The van der Waals surface area contributed by atoms with Gasteiger partial charge in [-0.15, -0.1) is 0 Å². The van der Waals surface area contributed by atoms with Crippen molar-refractivity contribution < 1.29 is 32.3 Å². The average Bonchev–Trinajstić information content (AvgIpc) is 3.10. The molecule has 1 amide bonds. The number of ether oxygens (including phenoxy) is 1. The Labute approximate surface area is 317 Å². The fourth-order valence-corrected chi connectivity index (χ4v) is 13.8. The highest BCUT2D eigenvalue weighted by Crippen LogP contribution is 2.45. The van der Waals surface area contributed by atoms with Crippen LogP contribution in [0.2, 0.25) is 15.1 Å². The number of carboxylic acids is 1. The van der Waals surface area contributed by atoms with Gasteiger partial charge in [-0.3, -0.25) is 9.59 Å². The second kappa shape index (κ2) is 16.7. The predicted octanol–water partition coefficient (Wildman–Crippen LogP) is 7.25. The molecule has 0 spiro atoms. The molecule has 1 aliphatic rings. The van der Waals surface area contributed by atoms with Crippen molar-refractivity contribution in [2.24, 2.45) is 0 Å². The van der Waals surface area contributed by atoms with Crippen molar-refractivity contribution in [1.82, 2.24) is 4.90 Å². The van der Waals surface area contributed by atoms with Crippen molar-refractivity contribution in [3.8, 4) is 0 Å². The molecule has 4 aromatic carbocycles. The molecule has 4 aromatic rings. The van der Waals surface area contributed by atoms with Crippen LogP contribution >= 0.6 is 23.2 Å². The first-order valence-corrected chi connectivity index (χ1v) is 21.8. The quantitative estimate of drug-likeness (QED) is 0.134. The van der Waals surface area contributed by atoms with Crippen LogP contribution in [0.5, 0.6) is 0 Å². The van der Waals surface area contributed by atoms with Crippen LogP contribution in [0.25, 0.3) is 0 Å². The first-order valence-electron chi connectivity index (χ1n) is 17.3. The number of hydrogen-bond donors (Lipinski definition) is 1. The van der Waals surface area contributed by atoms with Gasteiger partial charge in [-0.25, -0.2) is 8.42 Å². The summed E-state index contributed by atoms with van der Waals surface area (Å²) in [6.45, 7) is 8.17. The van der Waals surface area contributed by atoms with Gasteiger partial charge in [0.25, 0.3) is 14.2 Å². The van der Waals surface area contributed by atoms with E-state index in [1.807, 2.05) is 43.3 Å². The summed E-state index contributed by atoms with van der Waals surface area (Å²) < 4.78 is 41.5. The van der Waals surface area contributed by atoms with E-state index in [9.17, 15) is 23.1 Å². The molecule has 52 heavy (non-hydrogen) atoms. The lowest BCUT2D eigenvalue weighted by Crippen LogP contribution is -2.66. The van der Waals surface area contributed by atoms with E-state index in [0.717, 1.165) is 10.4 Å². The number of carbonyl (C=O) groups excluding carboxylic acids is 1. The summed E-state index contributed by atoms with van der Waals surface area (Å²) in [6, 6.07) is 32.3. The van der Waals surface area contributed by atoms with E-state index >= 15 is 0 Å².